The van der Waals surface area contributed by atoms with E-state index in [0.717, 1.165) is 30.7 Å². The van der Waals surface area contributed by atoms with Gasteiger partial charge in [0, 0.05) is 46.4 Å². The van der Waals surface area contributed by atoms with E-state index in [4.69, 9.17) is 4.74 Å². The summed E-state index contributed by atoms with van der Waals surface area (Å²) in [5, 5.41) is 3.05. The normalized spacial score (nSPS) is 16.5. The maximum atomic E-state index is 12.6. The zero-order valence-electron chi connectivity index (χ0n) is 15.0. The van der Waals surface area contributed by atoms with Gasteiger partial charge in [0.05, 0.1) is 18.7 Å². The van der Waals surface area contributed by atoms with Crippen LogP contribution in [0.5, 0.6) is 0 Å². The number of nitrogens with one attached hydrogen (secondary N) is 1. The van der Waals surface area contributed by atoms with Gasteiger partial charge >= 0.3 is 6.18 Å². The minimum atomic E-state index is -4.31. The second kappa shape index (κ2) is 9.89. The highest BCUT2D eigenvalue weighted by atomic mass is 19.4. The van der Waals surface area contributed by atoms with E-state index >= 15 is 0 Å². The van der Waals surface area contributed by atoms with Gasteiger partial charge < -0.3 is 15.0 Å². The molecule has 1 aliphatic rings. The van der Waals surface area contributed by atoms with E-state index in [2.05, 4.69) is 10.2 Å². The largest absolute Gasteiger partial charge is 0.416 e. The monoisotopic (exact) mass is 373 g/mol. The molecule has 0 atom stereocenters. The summed E-state index contributed by atoms with van der Waals surface area (Å²) >= 11 is 0. The first-order chi connectivity index (χ1) is 12.4. The number of carbonyl (C=O) groups is 1. The Hall–Kier alpha value is -1.64. The molecule has 1 aliphatic heterocycles. The van der Waals surface area contributed by atoms with Gasteiger partial charge in [0.1, 0.15) is 0 Å². The molecule has 1 aromatic rings. The molecule has 2 rings (SSSR count). The Labute approximate surface area is 152 Å². The number of hydrogen-bond acceptors (Lipinski definition) is 4. The van der Waals surface area contributed by atoms with Gasteiger partial charge in [-0.1, -0.05) is 12.1 Å². The lowest BCUT2D eigenvalue weighted by Gasteiger charge is -2.22. The van der Waals surface area contributed by atoms with E-state index in [1.807, 2.05) is 4.90 Å². The number of ether oxygens (including phenoxy) is 1. The van der Waals surface area contributed by atoms with E-state index in [9.17, 15) is 18.0 Å². The van der Waals surface area contributed by atoms with Crippen LogP contribution in [0.4, 0.5) is 13.2 Å². The first-order valence-corrected chi connectivity index (χ1v) is 8.76. The zero-order valence-corrected chi connectivity index (χ0v) is 15.0. The molecule has 5 nitrogen and oxygen atoms in total. The lowest BCUT2D eigenvalue weighted by Crippen LogP contribution is -2.41. The summed E-state index contributed by atoms with van der Waals surface area (Å²) in [6.07, 6.45) is -3.45. The molecule has 1 amide bonds. The third-order valence-electron chi connectivity index (χ3n) is 4.39. The van der Waals surface area contributed by atoms with Crippen LogP contribution < -0.4 is 5.32 Å². The van der Waals surface area contributed by atoms with Crippen molar-refractivity contribution in [1.29, 1.82) is 0 Å². The fourth-order valence-electron chi connectivity index (χ4n) is 2.92. The summed E-state index contributed by atoms with van der Waals surface area (Å²) in [7, 11) is 1.61. The molecule has 0 spiro atoms. The number of alkyl halides is 3. The SMILES string of the molecule is COCCNCC(=O)N1CCCN(Cc2ccc(C(F)(F)F)cc2)CC1. The van der Waals surface area contributed by atoms with Crippen molar-refractivity contribution >= 4 is 5.91 Å². The molecule has 0 radical (unpaired) electrons. The van der Waals surface area contributed by atoms with E-state index in [1.54, 1.807) is 7.11 Å². The molecule has 1 heterocycles. The molecule has 8 heteroatoms. The van der Waals surface area contributed by atoms with Gasteiger partial charge in [0.25, 0.3) is 0 Å². The predicted molar refractivity (Wildman–Crippen MR) is 92.7 cm³/mol. The molecule has 0 aliphatic carbocycles. The van der Waals surface area contributed by atoms with Gasteiger partial charge in [0.2, 0.25) is 5.91 Å². The van der Waals surface area contributed by atoms with Crippen LogP contribution in [0, 0.1) is 0 Å². The Balaban J connectivity index is 1.80. The predicted octanol–water partition coefficient (Wildman–Crippen LogP) is 1.98. The molecule has 1 saturated heterocycles. The quantitative estimate of drug-likeness (QED) is 0.743. The molecule has 0 aromatic heterocycles. The number of amides is 1. The van der Waals surface area contributed by atoms with Crippen molar-refractivity contribution in [3.63, 3.8) is 0 Å². The first-order valence-electron chi connectivity index (χ1n) is 8.76. The highest BCUT2D eigenvalue weighted by molar-refractivity contribution is 5.78. The number of carbonyl (C=O) groups excluding carboxylic acids is 1. The van der Waals surface area contributed by atoms with Crippen molar-refractivity contribution in [2.45, 2.75) is 19.1 Å². The number of methoxy groups -OCH3 is 1. The fourth-order valence-corrected chi connectivity index (χ4v) is 2.92. The summed E-state index contributed by atoms with van der Waals surface area (Å²) in [4.78, 5) is 16.2. The second-order valence-electron chi connectivity index (χ2n) is 6.37. The molecule has 0 unspecified atom stereocenters. The van der Waals surface area contributed by atoms with Gasteiger partial charge in [-0.05, 0) is 24.1 Å². The molecule has 1 aromatic carbocycles. The third kappa shape index (κ3) is 6.59. The summed E-state index contributed by atoms with van der Waals surface area (Å²) < 4.78 is 42.8. The number of halogens is 3. The van der Waals surface area contributed by atoms with Crippen LogP contribution >= 0.6 is 0 Å². The van der Waals surface area contributed by atoms with Crippen molar-refractivity contribution in [3.05, 3.63) is 35.4 Å². The lowest BCUT2D eigenvalue weighted by molar-refractivity contribution is -0.137. The Bertz CT molecular complexity index is 564. The van der Waals surface area contributed by atoms with Crippen LogP contribution in [0.15, 0.2) is 24.3 Å². The molecule has 26 heavy (non-hydrogen) atoms. The maximum absolute atomic E-state index is 12.6. The lowest BCUT2D eigenvalue weighted by atomic mass is 10.1. The van der Waals surface area contributed by atoms with Crippen LogP contribution in [-0.4, -0.2) is 68.7 Å². The molecule has 1 fully saturated rings. The average molecular weight is 373 g/mol. The number of rotatable bonds is 7. The second-order valence-corrected chi connectivity index (χ2v) is 6.37. The van der Waals surface area contributed by atoms with Crippen molar-refractivity contribution in [1.82, 2.24) is 15.1 Å². The van der Waals surface area contributed by atoms with Gasteiger partial charge in [0.15, 0.2) is 0 Å². The highest BCUT2D eigenvalue weighted by Gasteiger charge is 2.30. The summed E-state index contributed by atoms with van der Waals surface area (Å²) in [5.74, 6) is 0.0671. The van der Waals surface area contributed by atoms with Crippen LogP contribution in [0.25, 0.3) is 0 Å². The molecular formula is C18H26F3N3O2. The minimum Gasteiger partial charge on any atom is -0.383 e. The van der Waals surface area contributed by atoms with Gasteiger partial charge in [-0.3, -0.25) is 9.69 Å². The van der Waals surface area contributed by atoms with Crippen molar-refractivity contribution in [2.24, 2.45) is 0 Å². The van der Waals surface area contributed by atoms with Crippen LogP contribution in [0.3, 0.4) is 0 Å². The Morgan fingerprint density at radius 2 is 1.88 bits per heavy atom. The Morgan fingerprint density at radius 3 is 2.54 bits per heavy atom. The summed E-state index contributed by atoms with van der Waals surface area (Å²) in [5.41, 5.74) is 0.217. The summed E-state index contributed by atoms with van der Waals surface area (Å²) in [6, 6.07) is 5.29. The topological polar surface area (TPSA) is 44.8 Å². The van der Waals surface area contributed by atoms with Crippen molar-refractivity contribution < 1.29 is 22.7 Å². The minimum absolute atomic E-state index is 0.0671. The average Bonchev–Trinajstić information content (AvgIpc) is 2.84. The maximum Gasteiger partial charge on any atom is 0.416 e. The number of benzene rings is 1. The van der Waals surface area contributed by atoms with Crippen LogP contribution in [-0.2, 0) is 22.3 Å². The van der Waals surface area contributed by atoms with Gasteiger partial charge in [-0.25, -0.2) is 0 Å². The third-order valence-corrected chi connectivity index (χ3v) is 4.39. The van der Waals surface area contributed by atoms with Gasteiger partial charge in [-0.15, -0.1) is 0 Å². The van der Waals surface area contributed by atoms with Crippen LogP contribution in [0.2, 0.25) is 0 Å². The smallest absolute Gasteiger partial charge is 0.383 e. The van der Waals surface area contributed by atoms with E-state index in [1.165, 1.54) is 12.1 Å². The molecule has 0 saturated carbocycles. The molecule has 1 N–H and O–H groups in total. The summed E-state index contributed by atoms with van der Waals surface area (Å²) in [6.45, 7) is 4.95. The van der Waals surface area contributed by atoms with Gasteiger partial charge in [-0.2, -0.15) is 13.2 Å². The van der Waals surface area contributed by atoms with E-state index < -0.39 is 11.7 Å². The zero-order chi connectivity index (χ0) is 19.0. The standard InChI is InChI=1S/C18H26F3N3O2/c1-26-12-7-22-13-17(25)24-9-2-8-23(10-11-24)14-15-3-5-16(6-4-15)18(19,20)21/h3-6,22H,2,7-14H2,1H3. The van der Waals surface area contributed by atoms with Crippen molar-refractivity contribution in [2.75, 3.05) is 53.0 Å². The fraction of sp³-hybridized carbons (Fsp3) is 0.611. The molecular weight excluding hydrogens is 347 g/mol. The Morgan fingerprint density at radius 1 is 1.15 bits per heavy atom. The highest BCUT2D eigenvalue weighted by Crippen LogP contribution is 2.29. The number of hydrogen-bond donors (Lipinski definition) is 1. The van der Waals surface area contributed by atoms with Crippen molar-refractivity contribution in [3.8, 4) is 0 Å². The number of nitrogens with zero attached hydrogens (tertiary/aromatic N) is 2. The molecule has 146 valence electrons. The van der Waals surface area contributed by atoms with Crippen LogP contribution in [0.1, 0.15) is 17.5 Å². The van der Waals surface area contributed by atoms with E-state index in [0.29, 0.717) is 45.9 Å². The molecule has 0 bridgehead atoms. The Kier molecular flexibility index (Phi) is 7.86. The first kappa shape index (κ1) is 20.7. The van der Waals surface area contributed by atoms with E-state index in [-0.39, 0.29) is 5.91 Å².